The third-order valence-corrected chi connectivity index (χ3v) is 9.33. The topological polar surface area (TPSA) is 55.9 Å². The molecule has 0 aromatic rings. The highest BCUT2D eigenvalue weighted by atomic mass is 16.6. The molecule has 3 saturated carbocycles. The lowest BCUT2D eigenvalue weighted by Gasteiger charge is -2.59. The molecular weight excluding hydrogens is 340 g/mol. The molecule has 8 atom stereocenters. The Kier molecular flexibility index (Phi) is 3.62. The highest BCUT2D eigenvalue weighted by Crippen LogP contribution is 2.73. The van der Waals surface area contributed by atoms with Crippen LogP contribution in [0, 0.1) is 28.6 Å². The first kappa shape index (κ1) is 17.9. The van der Waals surface area contributed by atoms with E-state index in [1.165, 1.54) is 13.3 Å². The second kappa shape index (κ2) is 5.46. The minimum atomic E-state index is -0.173. The maximum atomic E-state index is 12.2. The van der Waals surface area contributed by atoms with Crippen molar-refractivity contribution in [3.8, 4) is 0 Å². The van der Waals surface area contributed by atoms with Crippen LogP contribution in [-0.4, -0.2) is 29.6 Å². The molecule has 4 nitrogen and oxygen atoms in total. The van der Waals surface area contributed by atoms with Gasteiger partial charge in [0.2, 0.25) is 0 Å². The standard InChI is InChI=1S/C23H32O4/c1-13(24)17-5-6-18-16-11-20-23(27-20)12-15(26-14(2)25)7-10-22(23,4)19(16)8-9-21(17,18)3/h5,15-16,18-20H,6-12H2,1-4H3/t15-,16-,18-,19-,20+,21+,22+,23+/m0/s1. The molecule has 4 aliphatic carbocycles. The van der Waals surface area contributed by atoms with E-state index in [2.05, 4.69) is 19.9 Å². The molecule has 0 amide bonds. The molecule has 0 unspecified atom stereocenters. The van der Waals surface area contributed by atoms with E-state index >= 15 is 0 Å². The van der Waals surface area contributed by atoms with E-state index in [9.17, 15) is 9.59 Å². The van der Waals surface area contributed by atoms with Crippen molar-refractivity contribution in [2.75, 3.05) is 0 Å². The fourth-order valence-electron chi connectivity index (χ4n) is 8.09. The van der Waals surface area contributed by atoms with Crippen molar-refractivity contribution < 1.29 is 19.1 Å². The van der Waals surface area contributed by atoms with E-state index in [1.54, 1.807) is 6.92 Å². The number of rotatable bonds is 2. The van der Waals surface area contributed by atoms with E-state index in [0.29, 0.717) is 23.9 Å². The second-order valence-electron chi connectivity index (χ2n) is 10.4. The monoisotopic (exact) mass is 372 g/mol. The quantitative estimate of drug-likeness (QED) is 0.538. The summed E-state index contributed by atoms with van der Waals surface area (Å²) >= 11 is 0. The number of ketones is 1. The summed E-state index contributed by atoms with van der Waals surface area (Å²) in [5.41, 5.74) is 1.25. The molecule has 0 bridgehead atoms. The zero-order valence-electron chi connectivity index (χ0n) is 17.0. The Morgan fingerprint density at radius 2 is 1.93 bits per heavy atom. The van der Waals surface area contributed by atoms with Crippen molar-refractivity contribution in [1.82, 2.24) is 0 Å². The molecule has 1 heterocycles. The summed E-state index contributed by atoms with van der Waals surface area (Å²) in [7, 11) is 0. The molecule has 1 aliphatic heterocycles. The van der Waals surface area contributed by atoms with Gasteiger partial charge in [-0.25, -0.2) is 0 Å². The van der Waals surface area contributed by atoms with Crippen LogP contribution in [0.3, 0.4) is 0 Å². The average molecular weight is 373 g/mol. The lowest BCUT2D eigenvalue weighted by Crippen LogP contribution is -2.58. The number of Topliss-reactive ketones (excluding diaryl/α,β-unsaturated/α-hetero) is 1. The van der Waals surface area contributed by atoms with Crippen LogP contribution in [-0.2, 0) is 19.1 Å². The Balaban J connectivity index is 1.43. The van der Waals surface area contributed by atoms with E-state index in [1.807, 2.05) is 0 Å². The fraction of sp³-hybridized carbons (Fsp3) is 0.826. The first-order chi connectivity index (χ1) is 12.7. The van der Waals surface area contributed by atoms with E-state index in [0.717, 1.165) is 44.1 Å². The number of hydrogen-bond acceptors (Lipinski definition) is 4. The number of allylic oxidation sites excluding steroid dienone is 2. The minimum absolute atomic E-state index is 0.0171. The van der Waals surface area contributed by atoms with Crippen LogP contribution < -0.4 is 0 Å². The van der Waals surface area contributed by atoms with Crippen LogP contribution in [0.4, 0.5) is 0 Å². The van der Waals surface area contributed by atoms with Crippen LogP contribution in [0.2, 0.25) is 0 Å². The molecule has 1 saturated heterocycles. The molecule has 4 heteroatoms. The maximum absolute atomic E-state index is 12.2. The molecule has 27 heavy (non-hydrogen) atoms. The Morgan fingerprint density at radius 1 is 1.15 bits per heavy atom. The summed E-state index contributed by atoms with van der Waals surface area (Å²) in [5, 5.41) is 0. The Hall–Kier alpha value is -1.16. The maximum Gasteiger partial charge on any atom is 0.302 e. The molecule has 0 aromatic heterocycles. The third-order valence-electron chi connectivity index (χ3n) is 9.33. The summed E-state index contributed by atoms with van der Waals surface area (Å²) in [6.45, 7) is 8.03. The zero-order valence-corrected chi connectivity index (χ0v) is 17.0. The number of carbonyl (C=O) groups excluding carboxylic acids is 2. The lowest BCUT2D eigenvalue weighted by atomic mass is 9.44. The zero-order chi connectivity index (χ0) is 19.2. The van der Waals surface area contributed by atoms with Gasteiger partial charge in [-0.3, -0.25) is 9.59 Å². The Bertz CT molecular complexity index is 741. The molecule has 4 fully saturated rings. The third kappa shape index (κ3) is 2.19. The summed E-state index contributed by atoms with van der Waals surface area (Å²) in [6, 6.07) is 0. The summed E-state index contributed by atoms with van der Waals surface area (Å²) in [4.78, 5) is 23.7. The highest BCUT2D eigenvalue weighted by molar-refractivity contribution is 5.95. The van der Waals surface area contributed by atoms with Crippen molar-refractivity contribution in [1.29, 1.82) is 0 Å². The van der Waals surface area contributed by atoms with Gasteiger partial charge >= 0.3 is 5.97 Å². The summed E-state index contributed by atoms with van der Waals surface area (Å²) in [6.07, 6.45) is 9.96. The van der Waals surface area contributed by atoms with Gasteiger partial charge in [-0.2, -0.15) is 0 Å². The van der Waals surface area contributed by atoms with Crippen molar-refractivity contribution in [3.05, 3.63) is 11.6 Å². The number of epoxide rings is 1. The van der Waals surface area contributed by atoms with E-state index in [-0.39, 0.29) is 34.3 Å². The smallest absolute Gasteiger partial charge is 0.302 e. The van der Waals surface area contributed by atoms with Crippen LogP contribution in [0.15, 0.2) is 11.6 Å². The Labute approximate surface area is 162 Å². The predicted octanol–water partition coefficient (Wildman–Crippen LogP) is 4.22. The van der Waals surface area contributed by atoms with Crippen LogP contribution in [0.25, 0.3) is 0 Å². The Morgan fingerprint density at radius 3 is 2.63 bits per heavy atom. The largest absolute Gasteiger partial charge is 0.462 e. The molecule has 0 aromatic carbocycles. The molecule has 5 aliphatic rings. The average Bonchev–Trinajstić information content (AvgIpc) is 3.15. The predicted molar refractivity (Wildman–Crippen MR) is 101 cm³/mol. The molecule has 148 valence electrons. The first-order valence-corrected chi connectivity index (χ1v) is 10.8. The van der Waals surface area contributed by atoms with Gasteiger partial charge in [0, 0.05) is 18.8 Å². The molecule has 1 spiro atoms. The van der Waals surface area contributed by atoms with E-state index in [4.69, 9.17) is 9.47 Å². The fourth-order valence-corrected chi connectivity index (χ4v) is 8.09. The van der Waals surface area contributed by atoms with Gasteiger partial charge in [0.15, 0.2) is 5.78 Å². The summed E-state index contributed by atoms with van der Waals surface area (Å²) < 4.78 is 12.0. The van der Waals surface area contributed by atoms with Crippen molar-refractivity contribution >= 4 is 11.8 Å². The van der Waals surface area contributed by atoms with Gasteiger partial charge in [0.05, 0.1) is 6.10 Å². The molecule has 0 radical (unpaired) electrons. The summed E-state index contributed by atoms with van der Waals surface area (Å²) in [5.74, 6) is 1.98. The van der Waals surface area contributed by atoms with Crippen LogP contribution >= 0.6 is 0 Å². The number of ether oxygens (including phenoxy) is 2. The number of carbonyl (C=O) groups is 2. The lowest BCUT2D eigenvalue weighted by molar-refractivity contribution is -0.156. The van der Waals surface area contributed by atoms with Crippen LogP contribution in [0.5, 0.6) is 0 Å². The van der Waals surface area contributed by atoms with E-state index < -0.39 is 0 Å². The van der Waals surface area contributed by atoms with Gasteiger partial charge in [0.1, 0.15) is 11.7 Å². The second-order valence-corrected chi connectivity index (χ2v) is 10.4. The number of esters is 1. The van der Waals surface area contributed by atoms with Crippen LogP contribution in [0.1, 0.15) is 72.6 Å². The molecule has 0 N–H and O–H groups in total. The molecular formula is C23H32O4. The first-order valence-electron chi connectivity index (χ1n) is 10.8. The minimum Gasteiger partial charge on any atom is -0.462 e. The van der Waals surface area contributed by atoms with Gasteiger partial charge in [0.25, 0.3) is 0 Å². The van der Waals surface area contributed by atoms with Gasteiger partial charge in [-0.1, -0.05) is 19.9 Å². The number of fused-ring (bicyclic) bond motifs is 4. The van der Waals surface area contributed by atoms with Crippen molar-refractivity contribution in [2.45, 2.75) is 90.4 Å². The van der Waals surface area contributed by atoms with Gasteiger partial charge in [-0.15, -0.1) is 0 Å². The molecule has 5 rings (SSSR count). The van der Waals surface area contributed by atoms with Gasteiger partial charge in [-0.05, 0) is 74.2 Å². The SMILES string of the molecule is CC(=O)O[C@H]1CC[C@]2(C)[C@H]3CC[C@]4(C)C(C(C)=O)=CC[C@H]4[C@@H]3C[C@H]3O[C@]32C1. The number of hydrogen-bond donors (Lipinski definition) is 0. The highest BCUT2D eigenvalue weighted by Gasteiger charge is 2.76. The van der Waals surface area contributed by atoms with Crippen molar-refractivity contribution in [2.24, 2.45) is 28.6 Å². The van der Waals surface area contributed by atoms with Gasteiger partial charge < -0.3 is 9.47 Å². The normalized spacial score (nSPS) is 52.6. The van der Waals surface area contributed by atoms with Crippen molar-refractivity contribution in [3.63, 3.8) is 0 Å².